The quantitative estimate of drug-likeness (QED) is 0.698. The van der Waals surface area contributed by atoms with Gasteiger partial charge in [0.15, 0.2) is 5.84 Å². The van der Waals surface area contributed by atoms with Gasteiger partial charge in [-0.2, -0.15) is 5.11 Å². The monoisotopic (exact) mass is 239 g/mol. The van der Waals surface area contributed by atoms with Crippen molar-refractivity contribution < 1.29 is 4.42 Å². The molecular formula is C13H9N3O2. The number of azo groups is 1. The summed E-state index contributed by atoms with van der Waals surface area (Å²) in [6, 6.07) is 0. The molecule has 0 saturated carbocycles. The smallest absolute Gasteiger partial charge is 0.341 e. The van der Waals surface area contributed by atoms with Crippen LogP contribution in [0.1, 0.15) is 23.3 Å². The van der Waals surface area contributed by atoms with E-state index < -0.39 is 0 Å². The third kappa shape index (κ3) is 1.21. The zero-order valence-corrected chi connectivity index (χ0v) is 9.51. The molecule has 1 aromatic heterocycles. The van der Waals surface area contributed by atoms with Gasteiger partial charge in [-0.15, -0.1) is 5.11 Å². The van der Waals surface area contributed by atoms with E-state index in [2.05, 4.69) is 15.2 Å². The van der Waals surface area contributed by atoms with Gasteiger partial charge in [0.1, 0.15) is 5.76 Å². The molecule has 0 radical (unpaired) electrons. The standard InChI is InChI=1S/C13H9N3O2/c17-13-9-5-7-6-14-16-12(7)15-11(9)8-3-1-2-4-10(8)18-13/h2,4,6H,1,3,5H2. The second kappa shape index (κ2) is 3.35. The minimum absolute atomic E-state index is 0.300. The van der Waals surface area contributed by atoms with Gasteiger partial charge < -0.3 is 4.42 Å². The van der Waals surface area contributed by atoms with E-state index in [1.54, 1.807) is 6.20 Å². The summed E-state index contributed by atoms with van der Waals surface area (Å²) >= 11 is 0. The largest absolute Gasteiger partial charge is 0.423 e. The number of nitrogens with zero attached hydrogens (tertiary/aromatic N) is 3. The maximum atomic E-state index is 12.0. The fraction of sp³-hybridized carbons (Fsp3) is 0.231. The van der Waals surface area contributed by atoms with Crippen molar-refractivity contribution in [2.24, 2.45) is 15.2 Å². The van der Waals surface area contributed by atoms with Crippen LogP contribution in [0.2, 0.25) is 0 Å². The van der Waals surface area contributed by atoms with Crippen LogP contribution in [0, 0.1) is 0 Å². The molecule has 1 aliphatic carbocycles. The van der Waals surface area contributed by atoms with Crippen molar-refractivity contribution in [1.29, 1.82) is 0 Å². The first-order valence-corrected chi connectivity index (χ1v) is 5.87. The number of allylic oxidation sites excluding steroid dienone is 1. The molecule has 1 aromatic rings. The Morgan fingerprint density at radius 3 is 3.17 bits per heavy atom. The van der Waals surface area contributed by atoms with E-state index in [0.717, 1.165) is 29.7 Å². The fourth-order valence-electron chi connectivity index (χ4n) is 2.49. The molecule has 0 aromatic carbocycles. The highest BCUT2D eigenvalue weighted by atomic mass is 16.4. The van der Waals surface area contributed by atoms with Crippen LogP contribution in [-0.4, -0.2) is 5.84 Å². The number of hydrogen-bond donors (Lipinski definition) is 0. The Kier molecular flexibility index (Phi) is 1.81. The van der Waals surface area contributed by atoms with Crippen molar-refractivity contribution >= 4 is 17.6 Å². The molecule has 0 amide bonds. The normalized spacial score (nSPS) is 18.9. The fourth-order valence-corrected chi connectivity index (χ4v) is 2.49. The molecule has 88 valence electrons. The van der Waals surface area contributed by atoms with Crippen LogP contribution in [0.15, 0.2) is 42.3 Å². The molecule has 5 heteroatoms. The van der Waals surface area contributed by atoms with Crippen LogP contribution in [0.4, 0.5) is 5.69 Å². The first-order chi connectivity index (χ1) is 8.83. The Morgan fingerprint density at radius 2 is 2.22 bits per heavy atom. The van der Waals surface area contributed by atoms with Crippen LogP contribution < -0.4 is 5.63 Å². The van der Waals surface area contributed by atoms with Crippen molar-refractivity contribution in [1.82, 2.24) is 0 Å². The first kappa shape index (κ1) is 9.70. The Balaban J connectivity index is 2.05. The third-order valence-corrected chi connectivity index (χ3v) is 3.39. The molecule has 4 rings (SSSR count). The summed E-state index contributed by atoms with van der Waals surface area (Å²) in [7, 11) is 0. The lowest BCUT2D eigenvalue weighted by Gasteiger charge is -2.18. The van der Waals surface area contributed by atoms with Gasteiger partial charge in [0, 0.05) is 17.6 Å². The molecule has 0 unspecified atom stereocenters. The highest BCUT2D eigenvalue weighted by Gasteiger charge is 2.27. The van der Waals surface area contributed by atoms with Crippen LogP contribution in [0.25, 0.3) is 6.08 Å². The van der Waals surface area contributed by atoms with Gasteiger partial charge in [0.05, 0.1) is 17.5 Å². The summed E-state index contributed by atoms with van der Waals surface area (Å²) in [6.07, 6.45) is 7.82. The summed E-state index contributed by atoms with van der Waals surface area (Å²) in [5.74, 6) is 1.27. The Labute approximate surface area is 102 Å². The zero-order chi connectivity index (χ0) is 12.1. The van der Waals surface area contributed by atoms with Crippen molar-refractivity contribution in [3.8, 4) is 0 Å². The highest BCUT2D eigenvalue weighted by molar-refractivity contribution is 6.03. The van der Waals surface area contributed by atoms with Crippen molar-refractivity contribution in [3.63, 3.8) is 0 Å². The molecule has 3 aliphatic rings. The van der Waals surface area contributed by atoms with Crippen molar-refractivity contribution in [3.05, 3.63) is 45.2 Å². The highest BCUT2D eigenvalue weighted by Crippen LogP contribution is 2.36. The van der Waals surface area contributed by atoms with Gasteiger partial charge in [-0.05, 0) is 18.9 Å². The Bertz CT molecular complexity index is 735. The summed E-state index contributed by atoms with van der Waals surface area (Å²) in [5, 5.41) is 7.81. The lowest BCUT2D eigenvalue weighted by atomic mass is 9.94. The van der Waals surface area contributed by atoms with E-state index in [1.165, 1.54) is 0 Å². The molecule has 2 aliphatic heterocycles. The maximum Gasteiger partial charge on any atom is 0.341 e. The Morgan fingerprint density at radius 1 is 1.28 bits per heavy atom. The molecule has 18 heavy (non-hydrogen) atoms. The zero-order valence-electron chi connectivity index (χ0n) is 9.51. The van der Waals surface area contributed by atoms with Gasteiger partial charge in [0.2, 0.25) is 0 Å². The number of amidine groups is 1. The summed E-state index contributed by atoms with van der Waals surface area (Å²) in [6.45, 7) is 0. The maximum absolute atomic E-state index is 12.0. The predicted octanol–water partition coefficient (Wildman–Crippen LogP) is 2.54. The molecule has 0 atom stereocenters. The number of aliphatic imine (C=N–C) groups is 1. The van der Waals surface area contributed by atoms with Crippen molar-refractivity contribution in [2.75, 3.05) is 0 Å². The van der Waals surface area contributed by atoms with Gasteiger partial charge in [-0.3, -0.25) is 0 Å². The van der Waals surface area contributed by atoms with E-state index in [4.69, 9.17) is 4.42 Å². The van der Waals surface area contributed by atoms with Crippen molar-refractivity contribution in [2.45, 2.75) is 19.3 Å². The van der Waals surface area contributed by atoms with E-state index in [0.29, 0.717) is 23.6 Å². The van der Waals surface area contributed by atoms with Gasteiger partial charge in [-0.25, -0.2) is 9.79 Å². The average Bonchev–Trinajstić information content (AvgIpc) is 2.84. The molecule has 0 bridgehead atoms. The van der Waals surface area contributed by atoms with Crippen LogP contribution in [-0.2, 0) is 12.8 Å². The van der Waals surface area contributed by atoms with Gasteiger partial charge in [0.25, 0.3) is 0 Å². The number of fused-ring (bicyclic) bond motifs is 4. The molecule has 0 fully saturated rings. The minimum Gasteiger partial charge on any atom is -0.423 e. The molecule has 0 saturated heterocycles. The van der Waals surface area contributed by atoms with E-state index in [1.807, 2.05) is 12.2 Å². The van der Waals surface area contributed by atoms with E-state index in [-0.39, 0.29) is 5.63 Å². The molecule has 0 spiro atoms. The first-order valence-electron chi connectivity index (χ1n) is 5.87. The van der Waals surface area contributed by atoms with E-state index in [9.17, 15) is 4.79 Å². The van der Waals surface area contributed by atoms with Gasteiger partial charge in [-0.1, -0.05) is 6.08 Å². The van der Waals surface area contributed by atoms with Crippen LogP contribution in [0.3, 0.4) is 0 Å². The second-order valence-electron chi connectivity index (χ2n) is 4.48. The lowest BCUT2D eigenvalue weighted by Crippen LogP contribution is -2.18. The SMILES string of the molecule is O=c1oc2c(c3c1CC1=CN=NC1=N3)CCC=C2. The van der Waals surface area contributed by atoms with Gasteiger partial charge >= 0.3 is 5.63 Å². The molecule has 5 nitrogen and oxygen atoms in total. The summed E-state index contributed by atoms with van der Waals surface area (Å²) < 4.78 is 5.35. The lowest BCUT2D eigenvalue weighted by molar-refractivity contribution is 0.485. The topological polar surface area (TPSA) is 67.3 Å². The summed E-state index contributed by atoms with van der Waals surface area (Å²) in [4.78, 5) is 16.4. The number of hydrogen-bond acceptors (Lipinski definition) is 5. The third-order valence-electron chi connectivity index (χ3n) is 3.39. The van der Waals surface area contributed by atoms with E-state index >= 15 is 0 Å². The second-order valence-corrected chi connectivity index (χ2v) is 4.48. The number of rotatable bonds is 0. The van der Waals surface area contributed by atoms with Crippen LogP contribution in [0.5, 0.6) is 0 Å². The Hall–Kier alpha value is -2.30. The van der Waals surface area contributed by atoms with Crippen LogP contribution >= 0.6 is 0 Å². The molecule has 0 N–H and O–H groups in total. The average molecular weight is 239 g/mol. The predicted molar refractivity (Wildman–Crippen MR) is 66.1 cm³/mol. The molecule has 3 heterocycles. The summed E-state index contributed by atoms with van der Waals surface area (Å²) in [5.41, 5.74) is 2.98. The minimum atomic E-state index is -0.300. The molecular weight excluding hydrogens is 230 g/mol.